The number of rotatable bonds is 5. The van der Waals surface area contributed by atoms with E-state index < -0.39 is 0 Å². The molecule has 0 aromatic heterocycles. The van der Waals surface area contributed by atoms with Crippen molar-refractivity contribution in [2.24, 2.45) is 0 Å². The van der Waals surface area contributed by atoms with Crippen LogP contribution in [0.4, 0.5) is 0 Å². The summed E-state index contributed by atoms with van der Waals surface area (Å²) in [6, 6.07) is 13.8. The lowest BCUT2D eigenvalue weighted by Crippen LogP contribution is -2.16. The Morgan fingerprint density at radius 3 is 2.42 bits per heavy atom. The van der Waals surface area contributed by atoms with Crippen molar-refractivity contribution < 1.29 is 5.11 Å². The number of phenols is 1. The summed E-state index contributed by atoms with van der Waals surface area (Å²) in [5.74, 6) is 0.321. The number of hydrogen-bond donors (Lipinski definition) is 2. The molecule has 2 nitrogen and oxygen atoms in total. The first kappa shape index (κ1) is 14.1. The first-order valence-corrected chi connectivity index (χ1v) is 7.18. The first-order valence-electron chi connectivity index (χ1n) is 6.39. The van der Waals surface area contributed by atoms with Crippen LogP contribution in [-0.4, -0.2) is 11.7 Å². The molecule has 2 aromatic carbocycles. The lowest BCUT2D eigenvalue weighted by molar-refractivity contribution is 0.475. The fourth-order valence-electron chi connectivity index (χ4n) is 1.87. The molecule has 0 aliphatic heterocycles. The number of aromatic hydroxyl groups is 1. The number of phenolic OH excluding ortho intramolecular Hbond substituents is 1. The summed E-state index contributed by atoms with van der Waals surface area (Å²) >= 11 is 3.55. The zero-order valence-electron chi connectivity index (χ0n) is 11.0. The van der Waals surface area contributed by atoms with E-state index in [1.54, 1.807) is 12.1 Å². The summed E-state index contributed by atoms with van der Waals surface area (Å²) < 4.78 is 1.16. The maximum absolute atomic E-state index is 9.21. The summed E-state index contributed by atoms with van der Waals surface area (Å²) in [6.07, 6.45) is 0.966. The Balaban J connectivity index is 1.77. The van der Waals surface area contributed by atoms with Crippen LogP contribution in [0.2, 0.25) is 0 Å². The van der Waals surface area contributed by atoms with E-state index in [1.165, 1.54) is 16.7 Å². The van der Waals surface area contributed by atoms with Crippen LogP contribution >= 0.6 is 15.9 Å². The molecule has 0 atom stereocenters. The van der Waals surface area contributed by atoms with Gasteiger partial charge in [-0.1, -0.05) is 40.2 Å². The van der Waals surface area contributed by atoms with E-state index in [0.29, 0.717) is 5.75 Å². The van der Waals surface area contributed by atoms with E-state index >= 15 is 0 Å². The molecular formula is C16H18BrNO. The largest absolute Gasteiger partial charge is 0.508 e. The van der Waals surface area contributed by atoms with Gasteiger partial charge in [0.1, 0.15) is 5.75 Å². The molecule has 2 aromatic rings. The molecule has 19 heavy (non-hydrogen) atoms. The van der Waals surface area contributed by atoms with Crippen LogP contribution in [0.3, 0.4) is 0 Å². The van der Waals surface area contributed by atoms with Gasteiger partial charge in [0.05, 0.1) is 0 Å². The van der Waals surface area contributed by atoms with Gasteiger partial charge < -0.3 is 10.4 Å². The Morgan fingerprint density at radius 2 is 1.74 bits per heavy atom. The second-order valence-corrected chi connectivity index (χ2v) is 5.53. The Morgan fingerprint density at radius 1 is 1.05 bits per heavy atom. The van der Waals surface area contributed by atoms with Gasteiger partial charge in [-0.05, 0) is 54.8 Å². The van der Waals surface area contributed by atoms with Crippen LogP contribution in [-0.2, 0) is 13.0 Å². The molecule has 0 aliphatic carbocycles. The topological polar surface area (TPSA) is 32.3 Å². The van der Waals surface area contributed by atoms with Crippen LogP contribution < -0.4 is 5.32 Å². The minimum absolute atomic E-state index is 0.321. The summed E-state index contributed by atoms with van der Waals surface area (Å²) in [6.45, 7) is 3.89. The van der Waals surface area contributed by atoms with Crippen LogP contribution in [0.5, 0.6) is 5.75 Å². The first-order chi connectivity index (χ1) is 9.15. The standard InChI is InChI=1S/C16H18BrNO/c1-12-2-3-14(10-16(12)17)11-18-9-8-13-4-6-15(19)7-5-13/h2-7,10,18-19H,8-9,11H2,1H3. The quantitative estimate of drug-likeness (QED) is 0.822. The Kier molecular flexibility index (Phi) is 5.00. The van der Waals surface area contributed by atoms with Gasteiger partial charge in [0, 0.05) is 11.0 Å². The molecule has 100 valence electrons. The molecule has 0 aliphatic rings. The predicted octanol–water partition coefficient (Wildman–Crippen LogP) is 3.80. The van der Waals surface area contributed by atoms with Crippen molar-refractivity contribution in [1.82, 2.24) is 5.32 Å². The molecule has 0 amide bonds. The van der Waals surface area contributed by atoms with E-state index in [1.807, 2.05) is 12.1 Å². The zero-order valence-corrected chi connectivity index (χ0v) is 12.6. The van der Waals surface area contributed by atoms with E-state index in [2.05, 4.69) is 46.4 Å². The molecule has 2 rings (SSSR count). The monoisotopic (exact) mass is 319 g/mol. The van der Waals surface area contributed by atoms with Crippen molar-refractivity contribution >= 4 is 15.9 Å². The highest BCUT2D eigenvalue weighted by atomic mass is 79.9. The highest BCUT2D eigenvalue weighted by Crippen LogP contribution is 2.17. The number of nitrogens with one attached hydrogen (secondary N) is 1. The fraction of sp³-hybridized carbons (Fsp3) is 0.250. The smallest absolute Gasteiger partial charge is 0.115 e. The van der Waals surface area contributed by atoms with Gasteiger partial charge in [-0.25, -0.2) is 0 Å². The van der Waals surface area contributed by atoms with Gasteiger partial charge in [0.15, 0.2) is 0 Å². The predicted molar refractivity (Wildman–Crippen MR) is 82.4 cm³/mol. The lowest BCUT2D eigenvalue weighted by Gasteiger charge is -2.07. The molecule has 0 spiro atoms. The average Bonchev–Trinajstić information content (AvgIpc) is 2.41. The molecule has 3 heteroatoms. The van der Waals surface area contributed by atoms with Gasteiger partial charge in [-0.2, -0.15) is 0 Å². The Bertz CT molecular complexity index is 537. The maximum Gasteiger partial charge on any atom is 0.115 e. The van der Waals surface area contributed by atoms with Gasteiger partial charge >= 0.3 is 0 Å². The Hall–Kier alpha value is -1.32. The van der Waals surface area contributed by atoms with Crippen LogP contribution in [0.15, 0.2) is 46.9 Å². The average molecular weight is 320 g/mol. The second-order valence-electron chi connectivity index (χ2n) is 4.68. The molecular weight excluding hydrogens is 302 g/mol. The van der Waals surface area contributed by atoms with E-state index in [9.17, 15) is 5.11 Å². The third kappa shape index (κ3) is 4.37. The third-order valence-electron chi connectivity index (χ3n) is 3.09. The highest BCUT2D eigenvalue weighted by Gasteiger charge is 1.98. The van der Waals surface area contributed by atoms with Crippen molar-refractivity contribution in [3.05, 3.63) is 63.6 Å². The highest BCUT2D eigenvalue weighted by molar-refractivity contribution is 9.10. The Labute approximate surface area is 122 Å². The van der Waals surface area contributed by atoms with E-state index in [-0.39, 0.29) is 0 Å². The summed E-state index contributed by atoms with van der Waals surface area (Å²) in [7, 11) is 0. The normalized spacial score (nSPS) is 10.6. The molecule has 0 saturated carbocycles. The number of benzene rings is 2. The van der Waals surface area contributed by atoms with Gasteiger partial charge in [0.2, 0.25) is 0 Å². The molecule has 0 radical (unpaired) electrons. The molecule has 0 heterocycles. The van der Waals surface area contributed by atoms with Crippen molar-refractivity contribution in [2.75, 3.05) is 6.54 Å². The zero-order chi connectivity index (χ0) is 13.7. The number of aryl methyl sites for hydroxylation is 1. The van der Waals surface area contributed by atoms with Gasteiger partial charge in [-0.3, -0.25) is 0 Å². The number of hydrogen-bond acceptors (Lipinski definition) is 2. The summed E-state index contributed by atoms with van der Waals surface area (Å²) in [5.41, 5.74) is 3.77. The van der Waals surface area contributed by atoms with Crippen molar-refractivity contribution in [3.63, 3.8) is 0 Å². The van der Waals surface area contributed by atoms with Crippen molar-refractivity contribution in [3.8, 4) is 5.75 Å². The lowest BCUT2D eigenvalue weighted by atomic mass is 10.1. The molecule has 0 saturated heterocycles. The summed E-state index contributed by atoms with van der Waals surface area (Å²) in [4.78, 5) is 0. The van der Waals surface area contributed by atoms with Crippen LogP contribution in [0, 0.1) is 6.92 Å². The van der Waals surface area contributed by atoms with Crippen LogP contribution in [0.25, 0.3) is 0 Å². The van der Waals surface area contributed by atoms with Crippen LogP contribution in [0.1, 0.15) is 16.7 Å². The molecule has 0 fully saturated rings. The van der Waals surface area contributed by atoms with E-state index in [4.69, 9.17) is 0 Å². The van der Waals surface area contributed by atoms with Gasteiger partial charge in [-0.15, -0.1) is 0 Å². The molecule has 2 N–H and O–H groups in total. The van der Waals surface area contributed by atoms with Crippen molar-refractivity contribution in [1.29, 1.82) is 0 Å². The second kappa shape index (κ2) is 6.73. The van der Waals surface area contributed by atoms with Crippen molar-refractivity contribution in [2.45, 2.75) is 19.9 Å². The van der Waals surface area contributed by atoms with E-state index in [0.717, 1.165) is 24.0 Å². The third-order valence-corrected chi connectivity index (χ3v) is 3.95. The fourth-order valence-corrected chi connectivity index (χ4v) is 2.30. The minimum atomic E-state index is 0.321. The molecule has 0 unspecified atom stereocenters. The number of halogens is 1. The summed E-state index contributed by atoms with van der Waals surface area (Å²) in [5, 5.41) is 12.6. The SMILES string of the molecule is Cc1ccc(CNCCc2ccc(O)cc2)cc1Br. The minimum Gasteiger partial charge on any atom is -0.508 e. The molecule has 0 bridgehead atoms. The van der Waals surface area contributed by atoms with Gasteiger partial charge in [0.25, 0.3) is 0 Å². The maximum atomic E-state index is 9.21.